The Kier molecular flexibility index (Phi) is 5.83. The van der Waals surface area contributed by atoms with Gasteiger partial charge in [-0.05, 0) is 50.2 Å². The number of piperidine rings is 1. The van der Waals surface area contributed by atoms with Crippen LogP contribution in [0.25, 0.3) is 0 Å². The van der Waals surface area contributed by atoms with Crippen molar-refractivity contribution >= 4 is 0 Å². The third-order valence-electron chi connectivity index (χ3n) is 7.45. The molecule has 3 atom stereocenters. The fraction of sp³-hybridized carbons (Fsp3) is 0.538. The van der Waals surface area contributed by atoms with E-state index in [-0.39, 0.29) is 5.60 Å². The van der Waals surface area contributed by atoms with Gasteiger partial charge in [0.1, 0.15) is 6.54 Å². The normalized spacial score (nSPS) is 30.4. The molecule has 2 saturated heterocycles. The predicted molar refractivity (Wildman–Crippen MR) is 117 cm³/mol. The molecule has 1 unspecified atom stereocenters. The van der Waals surface area contributed by atoms with Crippen LogP contribution in [0.3, 0.4) is 0 Å². The van der Waals surface area contributed by atoms with Crippen LogP contribution in [0.5, 0.6) is 0 Å². The standard InChI is InChI=1S/C26H35NO2/c1-3-24(2)19-25(16-18-29-24)15-10-17-27(20-25)21-26(28,22-11-6-4-7-12-22)23-13-8-5-9-14-23/h4-9,11-14,28H,3,10,15-21H2,1-2H3/p+1/t24-,25+/m1/s1. The van der Waals surface area contributed by atoms with Crippen LogP contribution in [0.15, 0.2) is 60.7 Å². The molecular formula is C26H36NO2+. The summed E-state index contributed by atoms with van der Waals surface area (Å²) in [5.74, 6) is 0. The van der Waals surface area contributed by atoms with E-state index in [9.17, 15) is 5.11 Å². The molecule has 0 radical (unpaired) electrons. The second-order valence-electron chi connectivity index (χ2n) is 9.63. The van der Waals surface area contributed by atoms with Crippen LogP contribution >= 0.6 is 0 Å². The van der Waals surface area contributed by atoms with Gasteiger partial charge in [-0.2, -0.15) is 0 Å². The van der Waals surface area contributed by atoms with E-state index in [0.717, 1.165) is 50.1 Å². The van der Waals surface area contributed by atoms with E-state index in [2.05, 4.69) is 38.1 Å². The van der Waals surface area contributed by atoms with Gasteiger partial charge in [0.2, 0.25) is 0 Å². The summed E-state index contributed by atoms with van der Waals surface area (Å²) in [5, 5.41) is 12.0. The molecule has 2 aliphatic heterocycles. The van der Waals surface area contributed by atoms with Gasteiger partial charge in [-0.25, -0.2) is 0 Å². The van der Waals surface area contributed by atoms with Crippen molar-refractivity contribution in [2.75, 3.05) is 26.2 Å². The third kappa shape index (κ3) is 4.28. The lowest BCUT2D eigenvalue weighted by molar-refractivity contribution is -0.919. The number of rotatable bonds is 5. The number of nitrogens with one attached hydrogen (secondary N) is 1. The first-order valence-corrected chi connectivity index (χ1v) is 11.3. The van der Waals surface area contributed by atoms with Crippen LogP contribution in [0.4, 0.5) is 0 Å². The summed E-state index contributed by atoms with van der Waals surface area (Å²) in [6.45, 7) is 8.38. The van der Waals surface area contributed by atoms with E-state index in [1.165, 1.54) is 17.7 Å². The fourth-order valence-electron chi connectivity index (χ4n) is 5.77. The summed E-state index contributed by atoms with van der Waals surface area (Å²) >= 11 is 0. The quantitative estimate of drug-likeness (QED) is 0.813. The van der Waals surface area contributed by atoms with Crippen LogP contribution in [0.1, 0.15) is 57.1 Å². The first-order chi connectivity index (χ1) is 14.0. The molecule has 0 bridgehead atoms. The molecule has 0 aromatic heterocycles. The molecule has 1 spiro atoms. The van der Waals surface area contributed by atoms with Crippen molar-refractivity contribution < 1.29 is 14.7 Å². The number of quaternary nitrogens is 1. The lowest BCUT2D eigenvalue weighted by atomic mass is 9.68. The van der Waals surface area contributed by atoms with E-state index >= 15 is 0 Å². The summed E-state index contributed by atoms with van der Waals surface area (Å²) in [6.07, 6.45) is 5.90. The van der Waals surface area contributed by atoms with E-state index < -0.39 is 5.60 Å². The van der Waals surface area contributed by atoms with Gasteiger partial charge in [-0.3, -0.25) is 0 Å². The van der Waals surface area contributed by atoms with Crippen molar-refractivity contribution in [2.24, 2.45) is 5.41 Å². The molecule has 2 aromatic rings. The molecule has 3 nitrogen and oxygen atoms in total. The summed E-state index contributed by atoms with van der Waals surface area (Å²) in [4.78, 5) is 1.52. The number of ether oxygens (including phenoxy) is 1. The maximum absolute atomic E-state index is 12.0. The number of benzene rings is 2. The van der Waals surface area contributed by atoms with Gasteiger partial charge in [-0.1, -0.05) is 67.6 Å². The van der Waals surface area contributed by atoms with Gasteiger partial charge in [-0.15, -0.1) is 0 Å². The van der Waals surface area contributed by atoms with Crippen LogP contribution in [-0.2, 0) is 10.3 Å². The largest absolute Gasteiger partial charge is 0.375 e. The highest BCUT2D eigenvalue weighted by Crippen LogP contribution is 2.43. The Hall–Kier alpha value is -1.68. The van der Waals surface area contributed by atoms with Crippen LogP contribution in [0, 0.1) is 5.41 Å². The number of hydrogen-bond acceptors (Lipinski definition) is 2. The maximum atomic E-state index is 12.0. The summed E-state index contributed by atoms with van der Waals surface area (Å²) in [6, 6.07) is 20.4. The summed E-state index contributed by atoms with van der Waals surface area (Å²) < 4.78 is 6.16. The minimum absolute atomic E-state index is 0.00979. The molecule has 0 saturated carbocycles. The molecule has 2 aromatic carbocycles. The highest BCUT2D eigenvalue weighted by Gasteiger charge is 2.48. The highest BCUT2D eigenvalue weighted by molar-refractivity contribution is 5.35. The van der Waals surface area contributed by atoms with E-state index in [1.807, 2.05) is 36.4 Å². The molecule has 2 fully saturated rings. The van der Waals surface area contributed by atoms with Crippen molar-refractivity contribution in [3.63, 3.8) is 0 Å². The molecule has 2 heterocycles. The van der Waals surface area contributed by atoms with Gasteiger partial charge < -0.3 is 14.7 Å². The fourth-order valence-corrected chi connectivity index (χ4v) is 5.77. The minimum atomic E-state index is -0.963. The van der Waals surface area contributed by atoms with Crippen molar-refractivity contribution in [3.8, 4) is 0 Å². The van der Waals surface area contributed by atoms with E-state index in [0.29, 0.717) is 12.0 Å². The first-order valence-electron chi connectivity index (χ1n) is 11.3. The molecule has 2 N–H and O–H groups in total. The predicted octanol–water partition coefficient (Wildman–Crippen LogP) is 3.57. The van der Waals surface area contributed by atoms with Gasteiger partial charge in [0, 0.05) is 12.0 Å². The average molecular weight is 395 g/mol. The number of likely N-dealkylation sites (tertiary alicyclic amines) is 1. The maximum Gasteiger partial charge on any atom is 0.163 e. The lowest BCUT2D eigenvalue weighted by Crippen LogP contribution is -3.16. The Labute approximate surface area is 175 Å². The molecule has 4 rings (SSSR count). The number of aliphatic hydroxyl groups is 1. The summed E-state index contributed by atoms with van der Waals surface area (Å²) in [5.41, 5.74) is 1.38. The lowest BCUT2D eigenvalue weighted by Gasteiger charge is -2.49. The summed E-state index contributed by atoms with van der Waals surface area (Å²) in [7, 11) is 0. The smallest absolute Gasteiger partial charge is 0.163 e. The monoisotopic (exact) mass is 394 g/mol. The Balaban J connectivity index is 1.60. The number of hydrogen-bond donors (Lipinski definition) is 2. The molecule has 3 heteroatoms. The van der Waals surface area contributed by atoms with Crippen molar-refractivity contribution in [1.29, 1.82) is 0 Å². The zero-order valence-electron chi connectivity index (χ0n) is 18.0. The zero-order chi connectivity index (χ0) is 20.4. The Morgan fingerprint density at radius 3 is 2.21 bits per heavy atom. The molecular weight excluding hydrogens is 358 g/mol. The Morgan fingerprint density at radius 2 is 1.62 bits per heavy atom. The van der Waals surface area contributed by atoms with Crippen LogP contribution in [0.2, 0.25) is 0 Å². The molecule has 156 valence electrons. The van der Waals surface area contributed by atoms with Crippen molar-refractivity contribution in [1.82, 2.24) is 0 Å². The zero-order valence-corrected chi connectivity index (χ0v) is 18.0. The first kappa shape index (κ1) is 20.6. The van der Waals surface area contributed by atoms with Gasteiger partial charge in [0.05, 0.1) is 18.7 Å². The van der Waals surface area contributed by atoms with Crippen molar-refractivity contribution in [3.05, 3.63) is 71.8 Å². The SMILES string of the molecule is CC[C@]1(C)C[C@]2(CCC[NH+](CC(O)(c3ccccc3)c3ccccc3)C2)CCO1. The molecule has 0 amide bonds. The topological polar surface area (TPSA) is 33.9 Å². The second-order valence-corrected chi connectivity index (χ2v) is 9.63. The van der Waals surface area contributed by atoms with Crippen molar-refractivity contribution in [2.45, 2.75) is 57.2 Å². The van der Waals surface area contributed by atoms with E-state index in [4.69, 9.17) is 4.74 Å². The van der Waals surface area contributed by atoms with Gasteiger partial charge in [0.25, 0.3) is 0 Å². The Morgan fingerprint density at radius 1 is 1.00 bits per heavy atom. The molecule has 2 aliphatic rings. The van der Waals surface area contributed by atoms with Gasteiger partial charge >= 0.3 is 0 Å². The average Bonchev–Trinajstić information content (AvgIpc) is 2.75. The second kappa shape index (κ2) is 8.22. The van der Waals surface area contributed by atoms with E-state index in [1.54, 1.807) is 0 Å². The minimum Gasteiger partial charge on any atom is -0.375 e. The Bertz CT molecular complexity index is 749. The molecule has 0 aliphatic carbocycles. The highest BCUT2D eigenvalue weighted by atomic mass is 16.5. The third-order valence-corrected chi connectivity index (χ3v) is 7.45. The van der Waals surface area contributed by atoms with Crippen LogP contribution in [-0.4, -0.2) is 36.9 Å². The van der Waals surface area contributed by atoms with Crippen LogP contribution < -0.4 is 4.90 Å². The van der Waals surface area contributed by atoms with Gasteiger partial charge in [0.15, 0.2) is 5.60 Å². The molecule has 29 heavy (non-hydrogen) atoms.